The molecule has 0 fully saturated rings. The largest absolute Gasteiger partial charge is 0.457 e. The summed E-state index contributed by atoms with van der Waals surface area (Å²) < 4.78 is 19.0. The molecule has 1 aromatic heterocycles. The zero-order valence-corrected chi connectivity index (χ0v) is 11.2. The molecule has 0 aliphatic rings. The van der Waals surface area contributed by atoms with Crippen LogP contribution >= 0.6 is 15.9 Å². The summed E-state index contributed by atoms with van der Waals surface area (Å²) in [6.45, 7) is 1.90. The first-order chi connectivity index (χ1) is 8.13. The number of aryl methyl sites for hydroxylation is 1. The second-order valence-electron chi connectivity index (χ2n) is 3.87. The zero-order valence-electron chi connectivity index (χ0n) is 9.63. The van der Waals surface area contributed by atoms with Gasteiger partial charge in [-0.25, -0.2) is 4.39 Å². The van der Waals surface area contributed by atoms with Crippen molar-refractivity contribution in [1.82, 2.24) is 5.32 Å². The van der Waals surface area contributed by atoms with Gasteiger partial charge in [-0.1, -0.05) is 6.07 Å². The summed E-state index contributed by atoms with van der Waals surface area (Å²) >= 11 is 3.36. The lowest BCUT2D eigenvalue weighted by atomic mass is 9.97. The van der Waals surface area contributed by atoms with E-state index in [1.54, 1.807) is 12.3 Å². The van der Waals surface area contributed by atoms with Crippen molar-refractivity contribution in [2.45, 2.75) is 13.0 Å². The smallest absolute Gasteiger partial charge is 0.174 e. The lowest BCUT2D eigenvalue weighted by Gasteiger charge is -2.18. The van der Waals surface area contributed by atoms with Crippen LogP contribution in [0.2, 0.25) is 0 Å². The first-order valence-electron chi connectivity index (χ1n) is 5.29. The van der Waals surface area contributed by atoms with Crippen LogP contribution in [-0.4, -0.2) is 7.05 Å². The highest BCUT2D eigenvalue weighted by molar-refractivity contribution is 9.10. The van der Waals surface area contributed by atoms with E-state index >= 15 is 0 Å². The third-order valence-electron chi connectivity index (χ3n) is 2.79. The molecule has 0 saturated heterocycles. The molecular weight excluding hydrogens is 285 g/mol. The maximum absolute atomic E-state index is 13.1. The maximum atomic E-state index is 13.1. The van der Waals surface area contributed by atoms with Crippen molar-refractivity contribution in [1.29, 1.82) is 0 Å². The van der Waals surface area contributed by atoms with Crippen LogP contribution in [0.15, 0.2) is 39.6 Å². The Morgan fingerprint density at radius 1 is 1.29 bits per heavy atom. The van der Waals surface area contributed by atoms with E-state index in [1.165, 1.54) is 12.1 Å². The Bertz CT molecular complexity index is 524. The minimum Gasteiger partial charge on any atom is -0.457 e. The second-order valence-corrected chi connectivity index (χ2v) is 4.59. The highest BCUT2D eigenvalue weighted by Crippen LogP contribution is 2.31. The molecule has 0 bridgehead atoms. The normalized spacial score (nSPS) is 12.7. The van der Waals surface area contributed by atoms with E-state index in [4.69, 9.17) is 4.42 Å². The maximum Gasteiger partial charge on any atom is 0.174 e. The van der Waals surface area contributed by atoms with Crippen LogP contribution < -0.4 is 5.32 Å². The van der Waals surface area contributed by atoms with Gasteiger partial charge in [0.25, 0.3) is 0 Å². The van der Waals surface area contributed by atoms with Crippen molar-refractivity contribution >= 4 is 15.9 Å². The van der Waals surface area contributed by atoms with Crippen molar-refractivity contribution < 1.29 is 8.81 Å². The Morgan fingerprint density at radius 2 is 2.06 bits per heavy atom. The van der Waals surface area contributed by atoms with Gasteiger partial charge in [0, 0.05) is 5.56 Å². The van der Waals surface area contributed by atoms with Gasteiger partial charge in [0.05, 0.1) is 12.3 Å². The Hall–Kier alpha value is -1.13. The molecule has 2 rings (SSSR count). The van der Waals surface area contributed by atoms with Crippen molar-refractivity contribution in [2.75, 3.05) is 7.05 Å². The standard InChI is InChI=1S/C13H13BrFNO/c1-8-7-9(15)3-4-10(8)12(16-2)11-5-6-17-13(11)14/h3-7,12,16H,1-2H3. The molecule has 2 nitrogen and oxygen atoms in total. The van der Waals surface area contributed by atoms with Crippen LogP contribution in [0.25, 0.3) is 0 Å². The average molecular weight is 298 g/mol. The van der Waals surface area contributed by atoms with Gasteiger partial charge < -0.3 is 9.73 Å². The summed E-state index contributed by atoms with van der Waals surface area (Å²) in [4.78, 5) is 0. The van der Waals surface area contributed by atoms with Crippen molar-refractivity contribution in [2.24, 2.45) is 0 Å². The molecule has 1 unspecified atom stereocenters. The highest BCUT2D eigenvalue weighted by Gasteiger charge is 2.18. The Balaban J connectivity index is 2.46. The first-order valence-corrected chi connectivity index (χ1v) is 6.09. The fraction of sp³-hybridized carbons (Fsp3) is 0.231. The summed E-state index contributed by atoms with van der Waals surface area (Å²) in [5, 5.41) is 3.21. The van der Waals surface area contributed by atoms with Gasteiger partial charge in [0.15, 0.2) is 4.67 Å². The number of nitrogens with one attached hydrogen (secondary N) is 1. The average Bonchev–Trinajstić information content (AvgIpc) is 2.69. The molecule has 0 aliphatic carbocycles. The summed E-state index contributed by atoms with van der Waals surface area (Å²) in [5.41, 5.74) is 2.95. The molecule has 0 amide bonds. The number of rotatable bonds is 3. The van der Waals surface area contributed by atoms with E-state index in [0.717, 1.165) is 16.7 Å². The second kappa shape index (κ2) is 5.02. The molecular formula is C13H13BrFNO. The van der Waals surface area contributed by atoms with Crippen molar-refractivity contribution in [3.8, 4) is 0 Å². The summed E-state index contributed by atoms with van der Waals surface area (Å²) in [6.07, 6.45) is 1.63. The molecule has 0 radical (unpaired) electrons. The Labute approximate surface area is 108 Å². The molecule has 17 heavy (non-hydrogen) atoms. The number of benzene rings is 1. The minimum atomic E-state index is -0.215. The van der Waals surface area contributed by atoms with Gasteiger partial charge in [-0.2, -0.15) is 0 Å². The zero-order chi connectivity index (χ0) is 12.4. The van der Waals surface area contributed by atoms with Gasteiger partial charge in [-0.05, 0) is 59.2 Å². The molecule has 0 saturated carbocycles. The topological polar surface area (TPSA) is 25.2 Å². The Kier molecular flexibility index (Phi) is 3.64. The fourth-order valence-electron chi connectivity index (χ4n) is 1.95. The van der Waals surface area contributed by atoms with E-state index in [-0.39, 0.29) is 11.9 Å². The molecule has 1 aromatic carbocycles. The van der Waals surface area contributed by atoms with E-state index in [1.807, 2.05) is 20.0 Å². The van der Waals surface area contributed by atoms with Gasteiger partial charge in [0.1, 0.15) is 5.82 Å². The van der Waals surface area contributed by atoms with E-state index < -0.39 is 0 Å². The fourth-order valence-corrected chi connectivity index (χ4v) is 2.42. The monoisotopic (exact) mass is 297 g/mol. The van der Waals surface area contributed by atoms with Crippen LogP contribution in [0.5, 0.6) is 0 Å². The SMILES string of the molecule is CNC(c1ccc(F)cc1C)c1ccoc1Br. The summed E-state index contributed by atoms with van der Waals surface area (Å²) in [7, 11) is 1.87. The van der Waals surface area contributed by atoms with Gasteiger partial charge >= 0.3 is 0 Å². The summed E-state index contributed by atoms with van der Waals surface area (Å²) in [6, 6.07) is 6.69. The van der Waals surface area contributed by atoms with E-state index in [2.05, 4.69) is 21.2 Å². The van der Waals surface area contributed by atoms with Crippen LogP contribution in [0.1, 0.15) is 22.7 Å². The summed E-state index contributed by atoms with van der Waals surface area (Å²) in [5.74, 6) is -0.215. The molecule has 1 N–H and O–H groups in total. The molecule has 90 valence electrons. The van der Waals surface area contributed by atoms with Crippen molar-refractivity contribution in [3.05, 3.63) is 57.7 Å². The quantitative estimate of drug-likeness (QED) is 0.932. The van der Waals surface area contributed by atoms with Gasteiger partial charge in [-0.15, -0.1) is 0 Å². The van der Waals surface area contributed by atoms with Gasteiger partial charge in [0.2, 0.25) is 0 Å². The molecule has 1 atom stereocenters. The molecule has 0 spiro atoms. The van der Waals surface area contributed by atoms with Crippen LogP contribution in [0, 0.1) is 12.7 Å². The number of furan rings is 1. The molecule has 1 heterocycles. The van der Waals surface area contributed by atoms with Crippen LogP contribution in [-0.2, 0) is 0 Å². The van der Waals surface area contributed by atoms with Crippen molar-refractivity contribution in [3.63, 3.8) is 0 Å². The Morgan fingerprint density at radius 3 is 2.59 bits per heavy atom. The van der Waals surface area contributed by atoms with E-state index in [0.29, 0.717) is 4.67 Å². The predicted octanol–water partition coefficient (Wildman–Crippen LogP) is 3.80. The number of hydrogen-bond donors (Lipinski definition) is 1. The van der Waals surface area contributed by atoms with Crippen LogP contribution in [0.4, 0.5) is 4.39 Å². The third kappa shape index (κ3) is 2.42. The number of halogens is 2. The molecule has 4 heteroatoms. The molecule has 2 aromatic rings. The van der Waals surface area contributed by atoms with Gasteiger partial charge in [-0.3, -0.25) is 0 Å². The predicted molar refractivity (Wildman–Crippen MR) is 68.4 cm³/mol. The minimum absolute atomic E-state index is 0.0104. The molecule has 0 aliphatic heterocycles. The number of hydrogen-bond acceptors (Lipinski definition) is 2. The third-order valence-corrected chi connectivity index (χ3v) is 3.43. The van der Waals surface area contributed by atoms with Crippen LogP contribution in [0.3, 0.4) is 0 Å². The van der Waals surface area contributed by atoms with E-state index in [9.17, 15) is 4.39 Å². The lowest BCUT2D eigenvalue weighted by molar-refractivity contribution is 0.530. The first kappa shape index (κ1) is 12.3. The highest BCUT2D eigenvalue weighted by atomic mass is 79.9. The lowest BCUT2D eigenvalue weighted by Crippen LogP contribution is -2.18.